The van der Waals surface area contributed by atoms with Crippen molar-refractivity contribution in [2.24, 2.45) is 17.8 Å². The second kappa shape index (κ2) is 4.67. The zero-order chi connectivity index (χ0) is 14.7. The quantitative estimate of drug-likeness (QED) is 0.705. The lowest BCUT2D eigenvalue weighted by atomic mass is 9.48. The Kier molecular flexibility index (Phi) is 2.83. The molecule has 4 aliphatic rings. The Bertz CT molecular complexity index is 664. The molecule has 0 N–H and O–H groups in total. The lowest BCUT2D eigenvalue weighted by Gasteiger charge is -2.56. The predicted octanol–water partition coefficient (Wildman–Crippen LogP) is 5.59. The van der Waals surface area contributed by atoms with Gasteiger partial charge in [0.15, 0.2) is 0 Å². The molecule has 4 saturated carbocycles. The average molecular weight is 309 g/mol. The smallest absolute Gasteiger partial charge is 0.123 e. The SMILES string of the molecule is Cc1sc(-c2ccccc2)nc1C12CC3CC(CC(C3)C1)C2. The number of rotatable bonds is 2. The van der Waals surface area contributed by atoms with Gasteiger partial charge in [-0.15, -0.1) is 11.3 Å². The van der Waals surface area contributed by atoms with E-state index in [0.29, 0.717) is 5.41 Å². The molecule has 1 aromatic carbocycles. The van der Waals surface area contributed by atoms with Crippen LogP contribution in [0.15, 0.2) is 30.3 Å². The van der Waals surface area contributed by atoms with Gasteiger partial charge in [0.1, 0.15) is 5.01 Å². The highest BCUT2D eigenvalue weighted by molar-refractivity contribution is 7.15. The highest BCUT2D eigenvalue weighted by Crippen LogP contribution is 2.61. The van der Waals surface area contributed by atoms with Gasteiger partial charge in [-0.2, -0.15) is 0 Å². The van der Waals surface area contributed by atoms with Crippen LogP contribution >= 0.6 is 11.3 Å². The molecule has 2 heteroatoms. The summed E-state index contributed by atoms with van der Waals surface area (Å²) in [7, 11) is 0. The molecular formula is C20H23NS. The third kappa shape index (κ3) is 1.93. The summed E-state index contributed by atoms with van der Waals surface area (Å²) >= 11 is 1.91. The van der Waals surface area contributed by atoms with Gasteiger partial charge in [0.05, 0.1) is 5.69 Å². The van der Waals surface area contributed by atoms with E-state index in [-0.39, 0.29) is 0 Å². The van der Waals surface area contributed by atoms with Crippen LogP contribution in [0.2, 0.25) is 0 Å². The predicted molar refractivity (Wildman–Crippen MR) is 92.1 cm³/mol. The van der Waals surface area contributed by atoms with Gasteiger partial charge in [-0.1, -0.05) is 30.3 Å². The van der Waals surface area contributed by atoms with E-state index in [1.807, 2.05) is 11.3 Å². The summed E-state index contributed by atoms with van der Waals surface area (Å²) in [6.45, 7) is 2.30. The topological polar surface area (TPSA) is 12.9 Å². The van der Waals surface area contributed by atoms with Crippen LogP contribution in [0.5, 0.6) is 0 Å². The van der Waals surface area contributed by atoms with Crippen LogP contribution in [0.1, 0.15) is 49.1 Å². The molecule has 0 spiro atoms. The third-order valence-corrected chi connectivity index (χ3v) is 7.38. The standard InChI is InChI=1S/C20H23NS/c1-13-18(21-19(22-13)17-5-3-2-4-6-17)20-10-14-7-15(11-20)9-16(8-14)12-20/h2-6,14-16H,7-12H2,1H3. The van der Waals surface area contributed by atoms with Crippen LogP contribution in [0.4, 0.5) is 0 Å². The van der Waals surface area contributed by atoms with Crippen LogP contribution in [-0.4, -0.2) is 4.98 Å². The molecule has 0 unspecified atom stereocenters. The number of hydrogen-bond acceptors (Lipinski definition) is 2. The Labute approximate surface area is 136 Å². The molecule has 2 aromatic rings. The van der Waals surface area contributed by atoms with Crippen molar-refractivity contribution in [2.75, 3.05) is 0 Å². The number of aryl methyl sites for hydroxylation is 1. The first-order valence-electron chi connectivity index (χ1n) is 8.75. The van der Waals surface area contributed by atoms with Crippen molar-refractivity contribution < 1.29 is 0 Å². The van der Waals surface area contributed by atoms with Crippen LogP contribution in [0.25, 0.3) is 10.6 Å². The molecule has 0 atom stereocenters. The molecule has 1 aromatic heterocycles. The fourth-order valence-electron chi connectivity index (χ4n) is 5.99. The zero-order valence-corrected chi connectivity index (χ0v) is 14.0. The van der Waals surface area contributed by atoms with Crippen molar-refractivity contribution in [1.29, 1.82) is 0 Å². The van der Waals surface area contributed by atoms with Gasteiger partial charge in [-0.05, 0) is 63.2 Å². The van der Waals surface area contributed by atoms with Crippen molar-refractivity contribution >= 4 is 11.3 Å². The molecule has 114 valence electrons. The van der Waals surface area contributed by atoms with Crippen LogP contribution < -0.4 is 0 Å². The van der Waals surface area contributed by atoms with E-state index in [1.54, 1.807) is 0 Å². The van der Waals surface area contributed by atoms with E-state index in [0.717, 1.165) is 17.8 Å². The molecule has 0 saturated heterocycles. The molecule has 0 amide bonds. The Morgan fingerprint density at radius 3 is 2.14 bits per heavy atom. The minimum atomic E-state index is 0.433. The Morgan fingerprint density at radius 1 is 0.955 bits per heavy atom. The molecule has 4 fully saturated rings. The second-order valence-electron chi connectivity index (χ2n) is 7.99. The Morgan fingerprint density at radius 2 is 1.55 bits per heavy atom. The monoisotopic (exact) mass is 309 g/mol. The molecule has 4 aliphatic carbocycles. The first-order chi connectivity index (χ1) is 10.7. The van der Waals surface area contributed by atoms with Gasteiger partial charge in [0, 0.05) is 15.9 Å². The largest absolute Gasteiger partial charge is 0.240 e. The Hall–Kier alpha value is -1.15. The van der Waals surface area contributed by atoms with E-state index in [2.05, 4.69) is 37.3 Å². The average Bonchev–Trinajstić information content (AvgIpc) is 2.90. The van der Waals surface area contributed by atoms with Crippen molar-refractivity contribution in [1.82, 2.24) is 4.98 Å². The van der Waals surface area contributed by atoms with E-state index in [9.17, 15) is 0 Å². The maximum Gasteiger partial charge on any atom is 0.123 e. The number of benzene rings is 1. The van der Waals surface area contributed by atoms with Crippen LogP contribution in [-0.2, 0) is 5.41 Å². The van der Waals surface area contributed by atoms with Crippen molar-refractivity contribution in [2.45, 2.75) is 50.9 Å². The Balaban J connectivity index is 1.57. The van der Waals surface area contributed by atoms with Crippen LogP contribution in [0, 0.1) is 24.7 Å². The first-order valence-corrected chi connectivity index (χ1v) is 9.57. The minimum absolute atomic E-state index is 0.433. The van der Waals surface area contributed by atoms with E-state index in [4.69, 9.17) is 4.98 Å². The zero-order valence-electron chi connectivity index (χ0n) is 13.2. The van der Waals surface area contributed by atoms with E-state index >= 15 is 0 Å². The van der Waals surface area contributed by atoms with Crippen molar-refractivity contribution in [3.8, 4) is 10.6 Å². The van der Waals surface area contributed by atoms with Gasteiger partial charge < -0.3 is 0 Å². The number of aromatic nitrogens is 1. The number of hydrogen-bond donors (Lipinski definition) is 0. The number of nitrogens with zero attached hydrogens (tertiary/aromatic N) is 1. The number of thiazole rings is 1. The normalized spacial score (nSPS) is 36.0. The summed E-state index contributed by atoms with van der Waals surface area (Å²) in [5.41, 5.74) is 3.18. The van der Waals surface area contributed by atoms with Gasteiger partial charge in [-0.25, -0.2) is 4.98 Å². The van der Waals surface area contributed by atoms with Gasteiger partial charge in [-0.3, -0.25) is 0 Å². The molecule has 1 heterocycles. The van der Waals surface area contributed by atoms with Gasteiger partial charge in [0.2, 0.25) is 0 Å². The van der Waals surface area contributed by atoms with Gasteiger partial charge >= 0.3 is 0 Å². The molecule has 1 nitrogen and oxygen atoms in total. The summed E-state index contributed by atoms with van der Waals surface area (Å²) in [6.07, 6.45) is 8.77. The molecule has 0 radical (unpaired) electrons. The summed E-state index contributed by atoms with van der Waals surface area (Å²) in [6, 6.07) is 10.7. The maximum absolute atomic E-state index is 5.19. The lowest BCUT2D eigenvalue weighted by molar-refractivity contribution is -0.00715. The second-order valence-corrected chi connectivity index (χ2v) is 9.19. The van der Waals surface area contributed by atoms with Crippen molar-refractivity contribution in [3.05, 3.63) is 40.9 Å². The minimum Gasteiger partial charge on any atom is -0.240 e. The summed E-state index contributed by atoms with van der Waals surface area (Å²) in [5.74, 6) is 2.98. The summed E-state index contributed by atoms with van der Waals surface area (Å²) in [5, 5.41) is 1.23. The van der Waals surface area contributed by atoms with E-state index in [1.165, 1.54) is 59.7 Å². The summed E-state index contributed by atoms with van der Waals surface area (Å²) < 4.78 is 0. The lowest BCUT2D eigenvalue weighted by Crippen LogP contribution is -2.49. The van der Waals surface area contributed by atoms with Crippen LogP contribution in [0.3, 0.4) is 0 Å². The molecule has 0 aliphatic heterocycles. The van der Waals surface area contributed by atoms with Gasteiger partial charge in [0.25, 0.3) is 0 Å². The fraction of sp³-hybridized carbons (Fsp3) is 0.550. The highest BCUT2D eigenvalue weighted by atomic mass is 32.1. The molecular weight excluding hydrogens is 286 g/mol. The molecule has 22 heavy (non-hydrogen) atoms. The summed E-state index contributed by atoms with van der Waals surface area (Å²) in [4.78, 5) is 6.66. The first kappa shape index (κ1) is 13.3. The van der Waals surface area contributed by atoms with E-state index < -0.39 is 0 Å². The third-order valence-electron chi connectivity index (χ3n) is 6.36. The highest BCUT2D eigenvalue weighted by Gasteiger charge is 2.53. The van der Waals surface area contributed by atoms with Crippen molar-refractivity contribution in [3.63, 3.8) is 0 Å². The molecule has 6 rings (SSSR count). The maximum atomic E-state index is 5.19. The molecule has 4 bridgehead atoms. The fourth-order valence-corrected chi connectivity index (χ4v) is 7.03.